The molecule has 1 aliphatic heterocycles. The Balaban J connectivity index is 1.38. The molecule has 0 N–H and O–H groups in total. The lowest BCUT2D eigenvalue weighted by Gasteiger charge is -2.44. The van der Waals surface area contributed by atoms with E-state index in [4.69, 9.17) is 32.7 Å². The van der Waals surface area contributed by atoms with Gasteiger partial charge in [0.1, 0.15) is 5.60 Å². The van der Waals surface area contributed by atoms with Crippen molar-refractivity contribution in [3.63, 3.8) is 0 Å². The van der Waals surface area contributed by atoms with Crippen LogP contribution in [0.1, 0.15) is 60.8 Å². The van der Waals surface area contributed by atoms with Crippen LogP contribution in [0.15, 0.2) is 109 Å². The van der Waals surface area contributed by atoms with Crippen LogP contribution < -0.4 is 0 Å². The van der Waals surface area contributed by atoms with E-state index in [0.717, 1.165) is 23.2 Å². The molecule has 0 unspecified atom stereocenters. The molecule has 1 amide bonds. The quantitative estimate of drug-likeness (QED) is 0.165. The molecule has 6 heteroatoms. The number of ether oxygens (including phenoxy) is 2. The zero-order chi connectivity index (χ0) is 30.4. The maximum atomic E-state index is 14.6. The fourth-order valence-electron chi connectivity index (χ4n) is 7.00. The molecule has 1 aliphatic carbocycles. The van der Waals surface area contributed by atoms with Gasteiger partial charge in [-0.2, -0.15) is 0 Å². The molecule has 1 saturated heterocycles. The molecule has 6 rings (SSSR count). The Hall–Kier alpha value is -3.15. The highest BCUT2D eigenvalue weighted by Gasteiger charge is 2.48. The van der Waals surface area contributed by atoms with Crippen LogP contribution >= 0.6 is 23.2 Å². The van der Waals surface area contributed by atoms with Crippen LogP contribution in [0.3, 0.4) is 0 Å². The van der Waals surface area contributed by atoms with Crippen molar-refractivity contribution in [3.8, 4) is 0 Å². The van der Waals surface area contributed by atoms with Crippen LogP contribution in [0.2, 0.25) is 10.0 Å². The zero-order valence-electron chi connectivity index (χ0n) is 25.0. The second-order valence-corrected chi connectivity index (χ2v) is 12.8. The van der Waals surface area contributed by atoms with E-state index in [2.05, 4.69) is 36.4 Å². The van der Waals surface area contributed by atoms with Crippen LogP contribution in [0, 0.1) is 5.92 Å². The minimum atomic E-state index is -1.24. The molecule has 4 nitrogen and oxygen atoms in total. The average molecular weight is 629 g/mol. The molecule has 2 aliphatic rings. The Bertz CT molecular complexity index is 1430. The fraction of sp³-hybridized carbons (Fsp3) is 0.342. The molecular formula is C38H39Cl2NO3. The van der Waals surface area contributed by atoms with E-state index in [1.54, 1.807) is 12.1 Å². The van der Waals surface area contributed by atoms with Crippen LogP contribution in [0.4, 0.5) is 0 Å². The van der Waals surface area contributed by atoms with Gasteiger partial charge in [-0.05, 0) is 53.1 Å². The van der Waals surface area contributed by atoms with Crippen molar-refractivity contribution in [1.82, 2.24) is 4.90 Å². The van der Waals surface area contributed by atoms with Crippen LogP contribution in [-0.4, -0.2) is 37.1 Å². The molecule has 0 spiro atoms. The van der Waals surface area contributed by atoms with Crippen molar-refractivity contribution in [2.24, 2.45) is 5.92 Å². The molecule has 228 valence electrons. The van der Waals surface area contributed by atoms with Gasteiger partial charge in [0, 0.05) is 19.5 Å². The first kappa shape index (κ1) is 30.9. The lowest BCUT2D eigenvalue weighted by atomic mass is 9.80. The summed E-state index contributed by atoms with van der Waals surface area (Å²) in [4.78, 5) is 16.6. The summed E-state index contributed by atoms with van der Waals surface area (Å²) in [5, 5.41) is 0.845. The lowest BCUT2D eigenvalue weighted by molar-refractivity contribution is -0.180. The van der Waals surface area contributed by atoms with Gasteiger partial charge in [0.25, 0.3) is 5.91 Å². The maximum Gasteiger partial charge on any atom is 0.259 e. The molecule has 4 aromatic rings. The number of morpholine rings is 1. The van der Waals surface area contributed by atoms with E-state index < -0.39 is 11.2 Å². The number of hydrogen-bond donors (Lipinski definition) is 0. The Labute approximate surface area is 270 Å². The smallest absolute Gasteiger partial charge is 0.259 e. The number of nitrogens with zero attached hydrogens (tertiary/aromatic N) is 1. The highest BCUT2D eigenvalue weighted by atomic mass is 35.5. The summed E-state index contributed by atoms with van der Waals surface area (Å²) in [6.07, 6.45) is 6.40. The predicted molar refractivity (Wildman–Crippen MR) is 177 cm³/mol. The van der Waals surface area contributed by atoms with Crippen molar-refractivity contribution in [3.05, 3.63) is 141 Å². The third kappa shape index (κ3) is 6.19. The highest BCUT2D eigenvalue weighted by molar-refractivity contribution is 6.42. The monoisotopic (exact) mass is 627 g/mol. The van der Waals surface area contributed by atoms with Gasteiger partial charge < -0.3 is 14.4 Å². The van der Waals surface area contributed by atoms with Crippen molar-refractivity contribution in [2.75, 3.05) is 26.3 Å². The summed E-state index contributed by atoms with van der Waals surface area (Å²) in [5.41, 5.74) is 1.60. The summed E-state index contributed by atoms with van der Waals surface area (Å²) in [5.74, 6) is 0.497. The molecule has 2 fully saturated rings. The van der Waals surface area contributed by atoms with E-state index in [9.17, 15) is 4.79 Å². The van der Waals surface area contributed by atoms with Crippen molar-refractivity contribution in [2.45, 2.75) is 49.7 Å². The number of rotatable bonds is 10. The van der Waals surface area contributed by atoms with Crippen LogP contribution in [0.25, 0.3) is 0 Å². The SMILES string of the molecule is O=C1N(CC2CCCCC2)CCO[C@]1(CCOC(c1ccccc1)(c1ccccc1)c1ccccc1)c1ccc(Cl)c(Cl)c1. The second kappa shape index (κ2) is 13.9. The fourth-order valence-corrected chi connectivity index (χ4v) is 7.30. The lowest BCUT2D eigenvalue weighted by Crippen LogP contribution is -2.56. The van der Waals surface area contributed by atoms with Gasteiger partial charge in [0.15, 0.2) is 5.60 Å². The van der Waals surface area contributed by atoms with Gasteiger partial charge in [0.2, 0.25) is 0 Å². The average Bonchev–Trinajstić information content (AvgIpc) is 3.08. The molecule has 4 aromatic carbocycles. The minimum Gasteiger partial charge on any atom is -0.361 e. The van der Waals surface area contributed by atoms with E-state index >= 15 is 0 Å². The topological polar surface area (TPSA) is 38.8 Å². The third-order valence-electron chi connectivity index (χ3n) is 9.25. The standard InChI is InChI=1S/C38H39Cl2NO3/c39-34-22-21-33(27-35(34)40)37(36(42)41(24-26-43-37)28-29-13-5-1-6-14-29)23-25-44-38(30-15-7-2-8-16-30,31-17-9-3-10-18-31)32-19-11-4-12-20-32/h2-4,7-12,15-22,27,29H,1,5-6,13-14,23-26,28H2/t37-/m1/s1. The Morgan fingerprint density at radius 3 is 1.89 bits per heavy atom. The highest BCUT2D eigenvalue weighted by Crippen LogP contribution is 2.43. The van der Waals surface area contributed by atoms with Crippen LogP contribution in [0.5, 0.6) is 0 Å². The molecule has 0 radical (unpaired) electrons. The number of amides is 1. The van der Waals surface area contributed by atoms with Crippen molar-refractivity contribution >= 4 is 29.1 Å². The van der Waals surface area contributed by atoms with Gasteiger partial charge in [-0.1, -0.05) is 140 Å². The first-order valence-corrected chi connectivity index (χ1v) is 16.5. The summed E-state index contributed by atoms with van der Waals surface area (Å²) in [6, 6.07) is 36.3. The van der Waals surface area contributed by atoms with Gasteiger partial charge in [-0.3, -0.25) is 4.79 Å². The van der Waals surface area contributed by atoms with Gasteiger partial charge in [-0.25, -0.2) is 0 Å². The van der Waals surface area contributed by atoms with Crippen molar-refractivity contribution in [1.29, 1.82) is 0 Å². The molecule has 1 heterocycles. The van der Waals surface area contributed by atoms with Crippen LogP contribution in [-0.2, 0) is 25.5 Å². The number of hydrogen-bond acceptors (Lipinski definition) is 3. The molecule has 0 bridgehead atoms. The Morgan fingerprint density at radius 1 is 0.773 bits per heavy atom. The van der Waals surface area contributed by atoms with Gasteiger partial charge in [0.05, 0.1) is 23.3 Å². The first-order chi connectivity index (χ1) is 21.5. The summed E-state index contributed by atoms with van der Waals surface area (Å²) in [7, 11) is 0. The maximum absolute atomic E-state index is 14.6. The predicted octanol–water partition coefficient (Wildman–Crippen LogP) is 9.03. The summed E-state index contributed by atoms with van der Waals surface area (Å²) < 4.78 is 13.7. The van der Waals surface area contributed by atoms with Gasteiger partial charge in [-0.15, -0.1) is 0 Å². The molecule has 1 saturated carbocycles. The van der Waals surface area contributed by atoms with E-state index in [1.165, 1.54) is 32.1 Å². The number of halogens is 2. The molecule has 0 aromatic heterocycles. The van der Waals surface area contributed by atoms with Crippen molar-refractivity contribution < 1.29 is 14.3 Å². The summed E-state index contributed by atoms with van der Waals surface area (Å²) >= 11 is 12.9. The van der Waals surface area contributed by atoms with E-state index in [-0.39, 0.29) is 12.5 Å². The second-order valence-electron chi connectivity index (χ2n) is 11.9. The first-order valence-electron chi connectivity index (χ1n) is 15.7. The van der Waals surface area contributed by atoms with Gasteiger partial charge >= 0.3 is 0 Å². The Morgan fingerprint density at radius 2 is 1.34 bits per heavy atom. The largest absolute Gasteiger partial charge is 0.361 e. The third-order valence-corrected chi connectivity index (χ3v) is 9.98. The molecular weight excluding hydrogens is 589 g/mol. The number of carbonyl (C=O) groups is 1. The summed E-state index contributed by atoms with van der Waals surface area (Å²) in [6.45, 7) is 2.04. The van der Waals surface area contributed by atoms with E-state index in [1.807, 2.05) is 65.6 Å². The minimum absolute atomic E-state index is 0.0268. The Kier molecular flexibility index (Phi) is 9.73. The molecule has 1 atom stereocenters. The molecule has 44 heavy (non-hydrogen) atoms. The normalized spacial score (nSPS) is 19.7. The van der Waals surface area contributed by atoms with E-state index in [0.29, 0.717) is 41.1 Å². The number of carbonyl (C=O) groups excluding carboxylic acids is 1. The zero-order valence-corrected chi connectivity index (χ0v) is 26.5. The number of benzene rings is 4.